The van der Waals surface area contributed by atoms with E-state index < -0.39 is 23.9 Å². The van der Waals surface area contributed by atoms with Crippen molar-refractivity contribution in [2.45, 2.75) is 38.6 Å². The Morgan fingerprint density at radius 3 is 2.38 bits per heavy atom. The monoisotopic (exact) mass is 535 g/mol. The van der Waals surface area contributed by atoms with E-state index in [0.29, 0.717) is 59.2 Å². The van der Waals surface area contributed by atoms with Crippen LogP contribution in [0.15, 0.2) is 48.0 Å². The molecule has 0 aliphatic heterocycles. The van der Waals surface area contributed by atoms with Crippen LogP contribution in [0.5, 0.6) is 5.75 Å². The normalized spacial score (nSPS) is 13.0. The van der Waals surface area contributed by atoms with E-state index in [0.717, 1.165) is 17.6 Å². The molecule has 2 N–H and O–H groups in total. The standard InChI is InChI=1S/C29H29NO9/c1-37-28(35)18-6-3-7-19(14-18)39-13-5-10-23-26(20-8-4-9-21(20)29(36)38-2)22-12-11-17(27(33)34)15-24(22)30(23)16-25(31)32/h3,6-7,11-12,14-15H,4-5,8-10,13,16H2,1-2H3,(H,31,32)(H,33,34). The van der Waals surface area contributed by atoms with E-state index in [-0.39, 0.29) is 18.7 Å². The molecule has 0 amide bonds. The number of aromatic carboxylic acids is 1. The zero-order valence-corrected chi connectivity index (χ0v) is 21.7. The zero-order valence-electron chi connectivity index (χ0n) is 21.7. The number of rotatable bonds is 11. The lowest BCUT2D eigenvalue weighted by atomic mass is 9.96. The van der Waals surface area contributed by atoms with Crippen LogP contribution in [-0.2, 0) is 32.0 Å². The number of ether oxygens (including phenoxy) is 3. The molecule has 39 heavy (non-hydrogen) atoms. The SMILES string of the molecule is COC(=O)C1=C(c2c(CCCOc3cccc(C(=O)OC)c3)n(CC(=O)O)c3cc(C(=O)O)ccc23)CCC1. The number of carbonyl (C=O) groups is 4. The Bertz CT molecular complexity index is 1480. The molecule has 10 nitrogen and oxygen atoms in total. The van der Waals surface area contributed by atoms with Crippen LogP contribution in [-0.4, -0.2) is 59.5 Å². The molecule has 1 aliphatic rings. The maximum atomic E-state index is 12.6. The number of aliphatic carboxylic acids is 1. The number of nitrogens with zero attached hydrogens (tertiary/aromatic N) is 1. The molecular formula is C29H29NO9. The summed E-state index contributed by atoms with van der Waals surface area (Å²) in [4.78, 5) is 48.0. The summed E-state index contributed by atoms with van der Waals surface area (Å²) < 4.78 is 17.2. The van der Waals surface area contributed by atoms with Gasteiger partial charge in [-0.2, -0.15) is 0 Å². The second-order valence-electron chi connectivity index (χ2n) is 9.11. The fourth-order valence-electron chi connectivity index (χ4n) is 5.08. The average molecular weight is 536 g/mol. The predicted molar refractivity (Wildman–Crippen MR) is 141 cm³/mol. The molecule has 0 fully saturated rings. The van der Waals surface area contributed by atoms with Crippen LogP contribution < -0.4 is 4.74 Å². The van der Waals surface area contributed by atoms with Gasteiger partial charge >= 0.3 is 23.9 Å². The van der Waals surface area contributed by atoms with Crippen LogP contribution in [0.1, 0.15) is 57.7 Å². The first-order valence-corrected chi connectivity index (χ1v) is 12.5. The number of methoxy groups -OCH3 is 2. The van der Waals surface area contributed by atoms with E-state index in [9.17, 15) is 29.4 Å². The van der Waals surface area contributed by atoms with E-state index in [4.69, 9.17) is 14.2 Å². The van der Waals surface area contributed by atoms with Gasteiger partial charge in [-0.3, -0.25) is 4.79 Å². The first kappa shape index (κ1) is 27.4. The summed E-state index contributed by atoms with van der Waals surface area (Å²) in [7, 11) is 2.63. The molecule has 0 bridgehead atoms. The lowest BCUT2D eigenvalue weighted by Gasteiger charge is -2.13. The molecule has 4 rings (SSSR count). The van der Waals surface area contributed by atoms with Gasteiger partial charge in [-0.15, -0.1) is 0 Å². The minimum absolute atomic E-state index is 0.0344. The fourth-order valence-corrected chi connectivity index (χ4v) is 5.08. The second-order valence-corrected chi connectivity index (χ2v) is 9.11. The minimum atomic E-state index is -1.12. The third kappa shape index (κ3) is 5.79. The number of carboxylic acid groups (broad SMARTS) is 2. The molecule has 0 saturated heterocycles. The van der Waals surface area contributed by atoms with Gasteiger partial charge in [0.1, 0.15) is 12.3 Å². The third-order valence-electron chi connectivity index (χ3n) is 6.75. The fraction of sp³-hybridized carbons (Fsp3) is 0.310. The van der Waals surface area contributed by atoms with Gasteiger partial charge in [0.05, 0.1) is 37.5 Å². The van der Waals surface area contributed by atoms with E-state index in [1.807, 2.05) is 0 Å². The molecule has 204 valence electrons. The summed E-state index contributed by atoms with van der Waals surface area (Å²) >= 11 is 0. The van der Waals surface area contributed by atoms with E-state index in [1.165, 1.54) is 26.4 Å². The van der Waals surface area contributed by atoms with Crippen LogP contribution in [0.2, 0.25) is 0 Å². The molecule has 0 spiro atoms. The minimum Gasteiger partial charge on any atom is -0.494 e. The molecule has 0 saturated carbocycles. The van der Waals surface area contributed by atoms with Crippen molar-refractivity contribution in [3.63, 3.8) is 0 Å². The third-order valence-corrected chi connectivity index (χ3v) is 6.75. The number of esters is 2. The largest absolute Gasteiger partial charge is 0.494 e. The van der Waals surface area contributed by atoms with E-state index in [1.54, 1.807) is 34.9 Å². The predicted octanol–water partition coefficient (Wildman–Crippen LogP) is 4.33. The number of fused-ring (bicyclic) bond motifs is 1. The summed E-state index contributed by atoms with van der Waals surface area (Å²) in [6, 6.07) is 11.2. The molecule has 1 heterocycles. The maximum Gasteiger partial charge on any atom is 0.337 e. The van der Waals surface area contributed by atoms with Crippen molar-refractivity contribution in [3.8, 4) is 5.75 Å². The molecular weight excluding hydrogens is 506 g/mol. The van der Waals surface area contributed by atoms with Crippen molar-refractivity contribution < 1.29 is 43.6 Å². The van der Waals surface area contributed by atoms with E-state index in [2.05, 4.69) is 0 Å². The Kier molecular flexibility index (Phi) is 8.33. The second kappa shape index (κ2) is 11.8. The van der Waals surface area contributed by atoms with Crippen molar-refractivity contribution in [2.75, 3.05) is 20.8 Å². The van der Waals surface area contributed by atoms with E-state index >= 15 is 0 Å². The summed E-state index contributed by atoms with van der Waals surface area (Å²) in [5.74, 6) is -2.62. The number of allylic oxidation sites excluding steroid dienone is 1. The zero-order chi connectivity index (χ0) is 28.1. The smallest absolute Gasteiger partial charge is 0.337 e. The number of carbonyl (C=O) groups excluding carboxylic acids is 2. The maximum absolute atomic E-state index is 12.6. The lowest BCUT2D eigenvalue weighted by molar-refractivity contribution is -0.138. The summed E-state index contributed by atoms with van der Waals surface area (Å²) in [6.07, 6.45) is 2.78. The molecule has 0 unspecified atom stereocenters. The number of aromatic nitrogens is 1. The van der Waals surface area contributed by atoms with Crippen molar-refractivity contribution >= 4 is 40.4 Å². The molecule has 1 aliphatic carbocycles. The first-order valence-electron chi connectivity index (χ1n) is 12.5. The number of hydrogen-bond acceptors (Lipinski definition) is 7. The van der Waals surface area contributed by atoms with Crippen LogP contribution in [0.3, 0.4) is 0 Å². The van der Waals surface area contributed by atoms with Gasteiger partial charge in [0.2, 0.25) is 0 Å². The van der Waals surface area contributed by atoms with Gasteiger partial charge in [-0.25, -0.2) is 14.4 Å². The lowest BCUT2D eigenvalue weighted by Crippen LogP contribution is -2.13. The van der Waals surface area contributed by atoms with Crippen LogP contribution >= 0.6 is 0 Å². The highest BCUT2D eigenvalue weighted by Gasteiger charge is 2.29. The van der Waals surface area contributed by atoms with Gasteiger partial charge in [0.25, 0.3) is 0 Å². The van der Waals surface area contributed by atoms with Gasteiger partial charge in [-0.1, -0.05) is 12.1 Å². The quantitative estimate of drug-likeness (QED) is 0.271. The van der Waals surface area contributed by atoms with Crippen molar-refractivity contribution in [1.29, 1.82) is 0 Å². The van der Waals surface area contributed by atoms with Crippen LogP contribution in [0, 0.1) is 0 Å². The van der Waals surface area contributed by atoms with Gasteiger partial charge < -0.3 is 29.0 Å². The van der Waals surface area contributed by atoms with Crippen molar-refractivity contribution in [1.82, 2.24) is 4.57 Å². The number of carboxylic acids is 2. The Labute approximate surface area is 224 Å². The molecule has 3 aromatic rings. The molecule has 10 heteroatoms. The summed E-state index contributed by atoms with van der Waals surface area (Å²) in [5.41, 5.74) is 3.63. The highest BCUT2D eigenvalue weighted by atomic mass is 16.5. The summed E-state index contributed by atoms with van der Waals surface area (Å²) in [5, 5.41) is 20.0. The highest BCUT2D eigenvalue weighted by Crippen LogP contribution is 2.42. The molecule has 0 atom stereocenters. The van der Waals surface area contributed by atoms with Gasteiger partial charge in [0, 0.05) is 22.2 Å². The van der Waals surface area contributed by atoms with Crippen molar-refractivity contribution in [3.05, 3.63) is 70.4 Å². The molecule has 2 aromatic carbocycles. The summed E-state index contributed by atoms with van der Waals surface area (Å²) in [6.45, 7) is -0.111. The molecule has 0 radical (unpaired) electrons. The number of benzene rings is 2. The Hall–Kier alpha value is -4.60. The Morgan fingerprint density at radius 1 is 0.923 bits per heavy atom. The highest BCUT2D eigenvalue weighted by molar-refractivity contribution is 6.06. The Morgan fingerprint density at radius 2 is 1.69 bits per heavy atom. The van der Waals surface area contributed by atoms with Crippen LogP contribution in [0.25, 0.3) is 16.5 Å². The van der Waals surface area contributed by atoms with Gasteiger partial charge in [0.15, 0.2) is 0 Å². The molecule has 1 aromatic heterocycles. The van der Waals surface area contributed by atoms with Crippen LogP contribution in [0.4, 0.5) is 0 Å². The van der Waals surface area contributed by atoms with Crippen molar-refractivity contribution in [2.24, 2.45) is 0 Å². The van der Waals surface area contributed by atoms with Gasteiger partial charge in [-0.05, 0) is 68.0 Å². The average Bonchev–Trinajstić information content (AvgIpc) is 3.52. The topological polar surface area (TPSA) is 141 Å². The Balaban J connectivity index is 1.74. The first-order chi connectivity index (χ1) is 18.7. The number of hydrogen-bond donors (Lipinski definition) is 2.